The van der Waals surface area contributed by atoms with Crippen LogP contribution in [0.2, 0.25) is 0 Å². The lowest BCUT2D eigenvalue weighted by Crippen LogP contribution is -2.29. The van der Waals surface area contributed by atoms with Crippen LogP contribution in [0.25, 0.3) is 0 Å². The molecule has 0 fully saturated rings. The molecule has 1 heterocycles. The van der Waals surface area contributed by atoms with E-state index in [9.17, 15) is 8.42 Å². The zero-order valence-corrected chi connectivity index (χ0v) is 10.0. The third-order valence-corrected chi connectivity index (χ3v) is 3.13. The molecule has 0 saturated carbocycles. The molecule has 0 bridgehead atoms. The number of hydrogen-bond acceptors (Lipinski definition) is 4. The van der Waals surface area contributed by atoms with E-state index in [1.807, 2.05) is 0 Å². The molecular formula is C6H9BrN4O2S. The van der Waals surface area contributed by atoms with Crippen molar-refractivity contribution in [2.24, 2.45) is 0 Å². The second kappa shape index (κ2) is 4.20. The normalized spacial score (nSPS) is 11.7. The van der Waals surface area contributed by atoms with Crippen molar-refractivity contribution in [1.82, 2.24) is 14.3 Å². The first-order valence-corrected chi connectivity index (χ1v) is 5.83. The highest BCUT2D eigenvalue weighted by atomic mass is 79.9. The fourth-order valence-electron chi connectivity index (χ4n) is 0.572. The summed E-state index contributed by atoms with van der Waals surface area (Å²) < 4.78 is 26.5. The third kappa shape index (κ3) is 2.89. The van der Waals surface area contributed by atoms with Crippen molar-refractivity contribution in [3.8, 4) is 0 Å². The van der Waals surface area contributed by atoms with E-state index in [-0.39, 0.29) is 5.95 Å². The fraction of sp³-hybridized carbons (Fsp3) is 0.333. The molecule has 1 aromatic rings. The van der Waals surface area contributed by atoms with Gasteiger partial charge in [0.15, 0.2) is 0 Å². The minimum Gasteiger partial charge on any atom is -0.238 e. The van der Waals surface area contributed by atoms with Crippen molar-refractivity contribution in [2.45, 2.75) is 0 Å². The minimum atomic E-state index is -3.52. The van der Waals surface area contributed by atoms with Crippen molar-refractivity contribution < 1.29 is 8.42 Å². The first-order valence-electron chi connectivity index (χ1n) is 3.59. The lowest BCUT2D eigenvalue weighted by Gasteiger charge is -2.11. The van der Waals surface area contributed by atoms with Crippen molar-refractivity contribution in [3.63, 3.8) is 0 Å². The summed E-state index contributed by atoms with van der Waals surface area (Å²) in [7, 11) is -0.685. The fourth-order valence-corrected chi connectivity index (χ4v) is 1.30. The predicted octanol–water partition coefficient (Wildman–Crippen LogP) is 0.457. The van der Waals surface area contributed by atoms with Gasteiger partial charge in [0.2, 0.25) is 5.95 Å². The molecule has 1 aromatic heterocycles. The molecule has 6 nitrogen and oxygen atoms in total. The van der Waals surface area contributed by atoms with Crippen LogP contribution in [0, 0.1) is 0 Å². The maximum atomic E-state index is 11.3. The number of aromatic nitrogens is 2. The second-order valence-corrected chi connectivity index (χ2v) is 5.41. The number of hydrogen-bond donors (Lipinski definition) is 1. The van der Waals surface area contributed by atoms with Gasteiger partial charge in [0.05, 0.1) is 4.47 Å². The topological polar surface area (TPSA) is 75.2 Å². The molecular weight excluding hydrogens is 272 g/mol. The average Bonchev–Trinajstić information content (AvgIpc) is 2.08. The molecule has 0 atom stereocenters. The Balaban J connectivity index is 2.85. The molecule has 1 rings (SSSR count). The maximum Gasteiger partial charge on any atom is 0.303 e. The summed E-state index contributed by atoms with van der Waals surface area (Å²) in [5.74, 6) is 0.0434. The summed E-state index contributed by atoms with van der Waals surface area (Å²) in [4.78, 5) is 7.54. The molecule has 8 heteroatoms. The van der Waals surface area contributed by atoms with Crippen molar-refractivity contribution >= 4 is 32.1 Å². The zero-order valence-electron chi connectivity index (χ0n) is 7.60. The van der Waals surface area contributed by atoms with Gasteiger partial charge >= 0.3 is 10.2 Å². The first-order chi connectivity index (χ1) is 6.42. The number of nitrogens with one attached hydrogen (secondary N) is 1. The highest BCUT2D eigenvalue weighted by Crippen LogP contribution is 2.08. The summed E-state index contributed by atoms with van der Waals surface area (Å²) in [5, 5.41) is 0. The zero-order chi connectivity index (χ0) is 10.8. The molecule has 14 heavy (non-hydrogen) atoms. The number of nitrogens with zero attached hydrogens (tertiary/aromatic N) is 3. The number of rotatable bonds is 3. The van der Waals surface area contributed by atoms with E-state index < -0.39 is 10.2 Å². The van der Waals surface area contributed by atoms with Crippen molar-refractivity contribution in [3.05, 3.63) is 16.9 Å². The molecule has 0 aromatic carbocycles. The Morgan fingerprint density at radius 1 is 1.36 bits per heavy atom. The van der Waals surface area contributed by atoms with Gasteiger partial charge < -0.3 is 0 Å². The van der Waals surface area contributed by atoms with E-state index >= 15 is 0 Å². The Morgan fingerprint density at radius 2 is 1.86 bits per heavy atom. The van der Waals surface area contributed by atoms with E-state index in [2.05, 4.69) is 30.6 Å². The Bertz CT molecular complexity index is 402. The quantitative estimate of drug-likeness (QED) is 0.873. The van der Waals surface area contributed by atoms with Crippen LogP contribution in [0.1, 0.15) is 0 Å². The average molecular weight is 281 g/mol. The first kappa shape index (κ1) is 11.3. The van der Waals surface area contributed by atoms with E-state index in [0.29, 0.717) is 4.47 Å². The van der Waals surface area contributed by atoms with E-state index in [4.69, 9.17) is 0 Å². The van der Waals surface area contributed by atoms with E-state index in [1.54, 1.807) is 0 Å². The van der Waals surface area contributed by atoms with E-state index in [1.165, 1.54) is 26.5 Å². The number of halogens is 1. The smallest absolute Gasteiger partial charge is 0.238 e. The summed E-state index contributed by atoms with van der Waals surface area (Å²) >= 11 is 3.14. The van der Waals surface area contributed by atoms with Crippen LogP contribution in [-0.2, 0) is 10.2 Å². The lowest BCUT2D eigenvalue weighted by atomic mass is 10.7. The molecule has 0 aliphatic rings. The van der Waals surface area contributed by atoms with Gasteiger partial charge in [-0.1, -0.05) is 0 Å². The van der Waals surface area contributed by atoms with Gasteiger partial charge in [0.25, 0.3) is 0 Å². The predicted molar refractivity (Wildman–Crippen MR) is 56.0 cm³/mol. The van der Waals surface area contributed by atoms with Crippen LogP contribution < -0.4 is 4.72 Å². The van der Waals surface area contributed by atoms with Crippen LogP contribution >= 0.6 is 15.9 Å². The van der Waals surface area contributed by atoms with Gasteiger partial charge in [0.1, 0.15) is 0 Å². The van der Waals surface area contributed by atoms with Crippen molar-refractivity contribution in [2.75, 3.05) is 18.8 Å². The van der Waals surface area contributed by atoms with Gasteiger partial charge in [-0.05, 0) is 15.9 Å². The van der Waals surface area contributed by atoms with Crippen LogP contribution in [0.3, 0.4) is 0 Å². The van der Waals surface area contributed by atoms with E-state index in [0.717, 1.165) is 4.31 Å². The van der Waals surface area contributed by atoms with Crippen LogP contribution in [0.4, 0.5) is 5.95 Å². The lowest BCUT2D eigenvalue weighted by molar-refractivity contribution is 0.526. The largest absolute Gasteiger partial charge is 0.303 e. The molecule has 78 valence electrons. The Labute approximate surface area is 90.7 Å². The Kier molecular flexibility index (Phi) is 3.40. The monoisotopic (exact) mass is 280 g/mol. The Morgan fingerprint density at radius 3 is 2.29 bits per heavy atom. The highest BCUT2D eigenvalue weighted by molar-refractivity contribution is 9.10. The standard InChI is InChI=1S/C6H9BrN4O2S/c1-11(2)14(12,13)10-6-8-3-5(7)4-9-6/h3-4H,1-2H3,(H,8,9,10). The van der Waals surface area contributed by atoms with Gasteiger partial charge in [-0.2, -0.15) is 12.7 Å². The molecule has 0 radical (unpaired) electrons. The molecule has 1 N–H and O–H groups in total. The second-order valence-electron chi connectivity index (χ2n) is 2.61. The van der Waals surface area contributed by atoms with Crippen LogP contribution in [-0.4, -0.2) is 36.8 Å². The highest BCUT2D eigenvalue weighted by Gasteiger charge is 2.13. The van der Waals surface area contributed by atoms with Gasteiger partial charge in [-0.25, -0.2) is 14.7 Å². The molecule has 0 unspecified atom stereocenters. The van der Waals surface area contributed by atoms with Gasteiger partial charge in [0, 0.05) is 26.5 Å². The van der Waals surface area contributed by atoms with Gasteiger partial charge in [-0.15, -0.1) is 0 Å². The van der Waals surface area contributed by atoms with Crippen LogP contribution in [0.5, 0.6) is 0 Å². The summed E-state index contributed by atoms with van der Waals surface area (Å²) in [5.41, 5.74) is 0. The van der Waals surface area contributed by atoms with Crippen LogP contribution in [0.15, 0.2) is 16.9 Å². The number of anilines is 1. The SMILES string of the molecule is CN(C)S(=O)(=O)Nc1ncc(Br)cn1. The Hall–Kier alpha value is -0.730. The van der Waals surface area contributed by atoms with Crippen molar-refractivity contribution in [1.29, 1.82) is 0 Å². The minimum absolute atomic E-state index is 0.0434. The molecule has 0 aliphatic heterocycles. The summed E-state index contributed by atoms with van der Waals surface area (Å²) in [6, 6.07) is 0. The summed E-state index contributed by atoms with van der Waals surface area (Å²) in [6.45, 7) is 0. The molecule has 0 spiro atoms. The summed E-state index contributed by atoms with van der Waals surface area (Å²) in [6.07, 6.45) is 2.92. The molecule has 0 saturated heterocycles. The molecule has 0 aliphatic carbocycles. The third-order valence-electron chi connectivity index (χ3n) is 1.32. The maximum absolute atomic E-state index is 11.3. The molecule has 0 amide bonds. The van der Waals surface area contributed by atoms with Gasteiger partial charge in [-0.3, -0.25) is 0 Å².